The van der Waals surface area contributed by atoms with Crippen molar-refractivity contribution in [1.82, 2.24) is 10.3 Å². The number of imide groups is 1. The molecule has 1 aliphatic heterocycles. The molecule has 2 heterocycles. The van der Waals surface area contributed by atoms with Gasteiger partial charge in [0.05, 0.1) is 6.54 Å². The second-order valence-corrected chi connectivity index (χ2v) is 4.40. The Bertz CT molecular complexity index is 501. The van der Waals surface area contributed by atoms with Gasteiger partial charge in [-0.15, -0.1) is 0 Å². The highest BCUT2D eigenvalue weighted by molar-refractivity contribution is 6.04. The molecule has 0 saturated carbocycles. The van der Waals surface area contributed by atoms with Crippen molar-refractivity contribution in [2.45, 2.75) is 26.4 Å². The van der Waals surface area contributed by atoms with Crippen LogP contribution in [0.5, 0.6) is 0 Å². The maximum atomic E-state index is 11.6. The zero-order valence-corrected chi connectivity index (χ0v) is 10.4. The topological polar surface area (TPSA) is 88.3 Å². The highest BCUT2D eigenvalue weighted by Crippen LogP contribution is 2.19. The van der Waals surface area contributed by atoms with Crippen molar-refractivity contribution in [3.05, 3.63) is 23.4 Å². The number of aromatic nitrogens is 1. The van der Waals surface area contributed by atoms with Crippen LogP contribution < -0.4 is 16.0 Å². The van der Waals surface area contributed by atoms with Crippen LogP contribution in [0.3, 0.4) is 0 Å². The molecule has 6 nitrogen and oxygen atoms in total. The predicted octanol–water partition coefficient (Wildman–Crippen LogP) is -0.300. The van der Waals surface area contributed by atoms with Gasteiger partial charge in [0, 0.05) is 12.2 Å². The van der Waals surface area contributed by atoms with Crippen LogP contribution >= 0.6 is 0 Å². The number of aryl methyl sites for hydroxylation is 1. The summed E-state index contributed by atoms with van der Waals surface area (Å²) in [5.74, 6) is 0.00529. The maximum absolute atomic E-state index is 11.6. The maximum Gasteiger partial charge on any atom is 0.249 e. The van der Waals surface area contributed by atoms with Gasteiger partial charge in [0.25, 0.3) is 0 Å². The largest absolute Gasteiger partial charge is 0.336 e. The summed E-state index contributed by atoms with van der Waals surface area (Å²) in [5.41, 5.74) is 7.37. The lowest BCUT2D eigenvalue weighted by molar-refractivity contribution is -0.132. The highest BCUT2D eigenvalue weighted by Gasteiger charge is 2.31. The van der Waals surface area contributed by atoms with E-state index in [-0.39, 0.29) is 18.4 Å². The second kappa shape index (κ2) is 4.73. The monoisotopic (exact) mass is 248 g/mol. The summed E-state index contributed by atoms with van der Waals surface area (Å²) >= 11 is 0. The molecule has 1 aromatic rings. The zero-order valence-electron chi connectivity index (χ0n) is 10.4. The molecular weight excluding hydrogens is 232 g/mol. The third-order valence-corrected chi connectivity index (χ3v) is 2.95. The first-order valence-corrected chi connectivity index (χ1v) is 5.79. The lowest BCUT2D eigenvalue weighted by Gasteiger charge is -2.32. The van der Waals surface area contributed by atoms with E-state index in [0.29, 0.717) is 12.4 Å². The number of amides is 2. The fourth-order valence-electron chi connectivity index (χ4n) is 1.98. The van der Waals surface area contributed by atoms with Gasteiger partial charge in [-0.2, -0.15) is 0 Å². The van der Waals surface area contributed by atoms with E-state index >= 15 is 0 Å². The summed E-state index contributed by atoms with van der Waals surface area (Å²) in [6.07, 6.45) is 0. The van der Waals surface area contributed by atoms with Crippen molar-refractivity contribution in [2.75, 3.05) is 11.4 Å². The normalized spacial score (nSPS) is 19.9. The Morgan fingerprint density at radius 3 is 2.89 bits per heavy atom. The van der Waals surface area contributed by atoms with E-state index in [0.717, 1.165) is 11.3 Å². The van der Waals surface area contributed by atoms with E-state index < -0.39 is 6.04 Å². The first kappa shape index (κ1) is 12.5. The Balaban J connectivity index is 2.37. The number of hydrogen-bond acceptors (Lipinski definition) is 5. The summed E-state index contributed by atoms with van der Waals surface area (Å²) in [5, 5.41) is 2.30. The fraction of sp³-hybridized carbons (Fsp3) is 0.417. The lowest BCUT2D eigenvalue weighted by Crippen LogP contribution is -2.57. The Labute approximate surface area is 105 Å². The number of piperazine rings is 1. The molecule has 2 amide bonds. The number of rotatable bonds is 2. The molecule has 0 aliphatic carbocycles. The van der Waals surface area contributed by atoms with Gasteiger partial charge in [-0.3, -0.25) is 14.9 Å². The van der Waals surface area contributed by atoms with Gasteiger partial charge in [-0.25, -0.2) is 4.98 Å². The molecule has 18 heavy (non-hydrogen) atoms. The summed E-state index contributed by atoms with van der Waals surface area (Å²) in [6, 6.07) is 3.29. The van der Waals surface area contributed by atoms with Crippen LogP contribution in [0.4, 0.5) is 5.82 Å². The van der Waals surface area contributed by atoms with Crippen molar-refractivity contribution in [1.29, 1.82) is 0 Å². The number of nitrogens with zero attached hydrogens (tertiary/aromatic N) is 2. The van der Waals surface area contributed by atoms with Crippen LogP contribution in [0, 0.1) is 6.92 Å². The molecule has 0 bridgehead atoms. The molecule has 1 saturated heterocycles. The number of carbonyl (C=O) groups is 2. The van der Waals surface area contributed by atoms with Crippen LogP contribution in [0.15, 0.2) is 12.1 Å². The third-order valence-electron chi connectivity index (χ3n) is 2.95. The molecule has 2 rings (SSSR count). The summed E-state index contributed by atoms with van der Waals surface area (Å²) in [4.78, 5) is 29.1. The van der Waals surface area contributed by atoms with Gasteiger partial charge >= 0.3 is 0 Å². The molecule has 3 N–H and O–H groups in total. The number of hydrogen-bond donors (Lipinski definition) is 2. The van der Waals surface area contributed by atoms with Gasteiger partial charge in [0.2, 0.25) is 11.8 Å². The van der Waals surface area contributed by atoms with Crippen molar-refractivity contribution in [3.8, 4) is 0 Å². The molecule has 1 atom stereocenters. The minimum absolute atomic E-state index is 0.132. The first-order chi connectivity index (χ1) is 8.51. The first-order valence-electron chi connectivity index (χ1n) is 5.79. The quantitative estimate of drug-likeness (QED) is 0.701. The number of carbonyl (C=O) groups excluding carboxylic acids is 2. The lowest BCUT2D eigenvalue weighted by atomic mass is 10.1. The van der Waals surface area contributed by atoms with E-state index in [1.165, 1.54) is 0 Å². The van der Waals surface area contributed by atoms with E-state index in [2.05, 4.69) is 10.3 Å². The summed E-state index contributed by atoms with van der Waals surface area (Å²) in [6.45, 7) is 4.14. The van der Waals surface area contributed by atoms with E-state index in [1.807, 2.05) is 19.1 Å². The van der Waals surface area contributed by atoms with Crippen LogP contribution in [0.1, 0.15) is 18.2 Å². The molecule has 1 aliphatic rings. The Morgan fingerprint density at radius 2 is 2.22 bits per heavy atom. The SMILES string of the molecule is Cc1cc(CN)cc(N2CC(=O)NC(=O)C2C)n1. The highest BCUT2D eigenvalue weighted by atomic mass is 16.2. The van der Waals surface area contributed by atoms with Gasteiger partial charge < -0.3 is 10.6 Å². The van der Waals surface area contributed by atoms with Crippen LogP contribution in [0.25, 0.3) is 0 Å². The Kier molecular flexibility index (Phi) is 3.29. The van der Waals surface area contributed by atoms with Crippen LogP contribution in [0.2, 0.25) is 0 Å². The number of pyridine rings is 1. The molecule has 0 radical (unpaired) electrons. The molecular formula is C12H16N4O2. The average Bonchev–Trinajstić information content (AvgIpc) is 2.32. The van der Waals surface area contributed by atoms with Crippen molar-refractivity contribution >= 4 is 17.6 Å². The number of nitrogens with two attached hydrogens (primary N) is 1. The Hall–Kier alpha value is -1.95. The van der Waals surface area contributed by atoms with Crippen molar-refractivity contribution in [3.63, 3.8) is 0 Å². The molecule has 1 aromatic heterocycles. The third kappa shape index (κ3) is 2.33. The van der Waals surface area contributed by atoms with Crippen molar-refractivity contribution < 1.29 is 9.59 Å². The zero-order chi connectivity index (χ0) is 13.3. The van der Waals surface area contributed by atoms with Gasteiger partial charge in [-0.1, -0.05) is 0 Å². The number of nitrogens with one attached hydrogen (secondary N) is 1. The molecule has 0 spiro atoms. The molecule has 96 valence electrons. The summed E-state index contributed by atoms with van der Waals surface area (Å²) in [7, 11) is 0. The van der Waals surface area contributed by atoms with Gasteiger partial charge in [0.15, 0.2) is 0 Å². The van der Waals surface area contributed by atoms with E-state index in [1.54, 1.807) is 11.8 Å². The van der Waals surface area contributed by atoms with E-state index in [9.17, 15) is 9.59 Å². The van der Waals surface area contributed by atoms with E-state index in [4.69, 9.17) is 5.73 Å². The molecule has 6 heteroatoms. The Morgan fingerprint density at radius 1 is 1.50 bits per heavy atom. The van der Waals surface area contributed by atoms with Crippen LogP contribution in [-0.2, 0) is 16.1 Å². The van der Waals surface area contributed by atoms with Crippen LogP contribution in [-0.4, -0.2) is 29.4 Å². The molecule has 1 fully saturated rings. The predicted molar refractivity (Wildman–Crippen MR) is 66.8 cm³/mol. The van der Waals surface area contributed by atoms with Gasteiger partial charge in [-0.05, 0) is 31.5 Å². The molecule has 0 aromatic carbocycles. The minimum atomic E-state index is -0.414. The fourth-order valence-corrected chi connectivity index (χ4v) is 1.98. The standard InChI is InChI=1S/C12H16N4O2/c1-7-3-9(5-13)4-10(14-7)16-6-11(17)15-12(18)8(16)2/h3-4,8H,5-6,13H2,1-2H3,(H,15,17,18). The molecule has 1 unspecified atom stereocenters. The summed E-state index contributed by atoms with van der Waals surface area (Å²) < 4.78 is 0. The minimum Gasteiger partial charge on any atom is -0.336 e. The van der Waals surface area contributed by atoms with Gasteiger partial charge in [0.1, 0.15) is 11.9 Å². The second-order valence-electron chi connectivity index (χ2n) is 4.40. The average molecular weight is 248 g/mol. The van der Waals surface area contributed by atoms with Crippen molar-refractivity contribution in [2.24, 2.45) is 5.73 Å². The smallest absolute Gasteiger partial charge is 0.249 e. The number of anilines is 1.